The van der Waals surface area contributed by atoms with Gasteiger partial charge in [0.2, 0.25) is 5.52 Å². The molecule has 3 aromatic carbocycles. The molecule has 0 spiro atoms. The van der Waals surface area contributed by atoms with Gasteiger partial charge in [-0.1, -0.05) is 31.7 Å². The maximum Gasteiger partial charge on any atom is 0.224 e. The lowest BCUT2D eigenvalue weighted by atomic mass is 9.93. The predicted octanol–water partition coefficient (Wildman–Crippen LogP) is 7.30. The second kappa shape index (κ2) is 6.66. The maximum atomic E-state index is 14.5. The first-order valence-electron chi connectivity index (χ1n) is 12.2. The number of hydrogen-bond acceptors (Lipinski definition) is 0. The van der Waals surface area contributed by atoms with E-state index in [1.54, 1.807) is 12.1 Å². The van der Waals surface area contributed by atoms with Gasteiger partial charge in [-0.15, -0.1) is 0 Å². The molecule has 1 aliphatic rings. The van der Waals surface area contributed by atoms with Crippen molar-refractivity contribution in [2.75, 3.05) is 0 Å². The highest BCUT2D eigenvalue weighted by Crippen LogP contribution is 2.42. The van der Waals surface area contributed by atoms with Crippen LogP contribution < -0.4 is 4.57 Å². The average Bonchev–Trinajstić information content (AvgIpc) is 3.41. The molecule has 1 fully saturated rings. The molecular weight excluding hydrogens is 407 g/mol. The lowest BCUT2D eigenvalue weighted by Crippen LogP contribution is -2.29. The number of pyridine rings is 2. The number of nitrogens with zero attached hydrogens (tertiary/aromatic N) is 2. The number of aryl methyl sites for hydroxylation is 3. The van der Waals surface area contributed by atoms with Gasteiger partial charge in [-0.05, 0) is 78.6 Å². The molecule has 0 aliphatic heterocycles. The van der Waals surface area contributed by atoms with Crippen LogP contribution in [0.15, 0.2) is 48.7 Å². The highest BCUT2D eigenvalue weighted by atomic mass is 19.1. The van der Waals surface area contributed by atoms with E-state index < -0.39 is 0 Å². The van der Waals surface area contributed by atoms with E-state index in [9.17, 15) is 4.39 Å². The van der Waals surface area contributed by atoms with Gasteiger partial charge in [-0.2, -0.15) is 0 Å². The molecule has 6 aromatic rings. The fourth-order valence-corrected chi connectivity index (χ4v) is 6.60. The van der Waals surface area contributed by atoms with Crippen molar-refractivity contribution in [3.05, 3.63) is 71.2 Å². The summed E-state index contributed by atoms with van der Waals surface area (Å²) in [4.78, 5) is 0. The van der Waals surface area contributed by atoms with Crippen LogP contribution in [0.4, 0.5) is 4.39 Å². The van der Waals surface area contributed by atoms with E-state index in [1.165, 1.54) is 80.5 Å². The van der Waals surface area contributed by atoms with Crippen molar-refractivity contribution in [1.29, 1.82) is 0 Å². The number of halogens is 1. The second-order valence-electron chi connectivity index (χ2n) is 10.3. The average molecular weight is 436 g/mol. The number of fused-ring (bicyclic) bond motifs is 5. The normalized spacial score (nSPS) is 15.4. The zero-order valence-electron chi connectivity index (χ0n) is 19.5. The molecule has 3 heterocycles. The van der Waals surface area contributed by atoms with Crippen LogP contribution in [0.2, 0.25) is 0 Å². The molecule has 1 aliphatic carbocycles. The molecule has 2 nitrogen and oxygen atoms in total. The number of benzene rings is 3. The van der Waals surface area contributed by atoms with E-state index in [-0.39, 0.29) is 5.82 Å². The topological polar surface area (TPSA) is 8.29 Å². The van der Waals surface area contributed by atoms with Gasteiger partial charge in [0, 0.05) is 16.8 Å². The Hall–Kier alpha value is -3.20. The molecule has 1 saturated carbocycles. The van der Waals surface area contributed by atoms with Crippen LogP contribution in [0.5, 0.6) is 0 Å². The first kappa shape index (κ1) is 19.3. The van der Waals surface area contributed by atoms with E-state index in [4.69, 9.17) is 0 Å². The Morgan fingerprint density at radius 2 is 1.76 bits per heavy atom. The Labute approximate surface area is 192 Å². The number of hydrogen-bond donors (Lipinski definition) is 0. The van der Waals surface area contributed by atoms with Gasteiger partial charge in [0.05, 0.1) is 27.3 Å². The fraction of sp³-hybridized carbons (Fsp3) is 0.300. The molecule has 0 bridgehead atoms. The molecule has 0 unspecified atom stereocenters. The zero-order chi connectivity index (χ0) is 22.4. The van der Waals surface area contributed by atoms with Gasteiger partial charge in [0.15, 0.2) is 6.20 Å². The molecule has 0 saturated heterocycles. The van der Waals surface area contributed by atoms with E-state index >= 15 is 0 Å². The highest BCUT2D eigenvalue weighted by molar-refractivity contribution is 6.26. The maximum absolute atomic E-state index is 14.5. The lowest BCUT2D eigenvalue weighted by molar-refractivity contribution is -0.643. The summed E-state index contributed by atoms with van der Waals surface area (Å²) in [5.41, 5.74) is 8.64. The third-order valence-electron chi connectivity index (χ3n) is 8.29. The molecule has 3 heteroatoms. The summed E-state index contributed by atoms with van der Waals surface area (Å²) in [5.74, 6) is 0.605. The summed E-state index contributed by atoms with van der Waals surface area (Å²) in [7, 11) is 2.15. The van der Waals surface area contributed by atoms with E-state index in [2.05, 4.69) is 60.3 Å². The highest BCUT2D eigenvalue weighted by Gasteiger charge is 2.26. The summed E-state index contributed by atoms with van der Waals surface area (Å²) in [6.07, 6.45) is 8.73. The molecule has 0 radical (unpaired) electrons. The lowest BCUT2D eigenvalue weighted by Gasteiger charge is -2.16. The van der Waals surface area contributed by atoms with Crippen molar-refractivity contribution >= 4 is 49.0 Å². The van der Waals surface area contributed by atoms with Gasteiger partial charge < -0.3 is 4.40 Å². The van der Waals surface area contributed by atoms with Crippen LogP contribution in [0.3, 0.4) is 0 Å². The van der Waals surface area contributed by atoms with Crippen LogP contribution in [0, 0.1) is 25.6 Å². The minimum absolute atomic E-state index is 0.181. The summed E-state index contributed by atoms with van der Waals surface area (Å²) in [5, 5.41) is 6.18. The Morgan fingerprint density at radius 3 is 2.58 bits per heavy atom. The Morgan fingerprint density at radius 1 is 0.939 bits per heavy atom. The third kappa shape index (κ3) is 2.57. The van der Waals surface area contributed by atoms with Gasteiger partial charge in [-0.25, -0.2) is 8.96 Å². The van der Waals surface area contributed by atoms with Crippen LogP contribution >= 0.6 is 0 Å². The number of rotatable bonds is 2. The quantitative estimate of drug-likeness (QED) is 0.153. The predicted molar refractivity (Wildman–Crippen MR) is 135 cm³/mol. The Balaban J connectivity index is 1.75. The Bertz CT molecular complexity index is 1730. The van der Waals surface area contributed by atoms with Gasteiger partial charge in [-0.3, -0.25) is 0 Å². The van der Waals surface area contributed by atoms with Crippen molar-refractivity contribution in [3.8, 4) is 0 Å². The Kier molecular flexibility index (Phi) is 3.89. The molecule has 0 amide bonds. The second-order valence-corrected chi connectivity index (χ2v) is 10.3. The molecule has 0 atom stereocenters. The van der Waals surface area contributed by atoms with Gasteiger partial charge in [0.25, 0.3) is 0 Å². The molecule has 0 N–H and O–H groups in total. The molecule has 3 aromatic heterocycles. The SMILES string of the molecule is Cc1cc2c3ccc(F)cc3n3c4cc(CC5CCCC5)cc5cc[n+](C)c(c(c1C)c23)c54. The van der Waals surface area contributed by atoms with Crippen LogP contribution in [-0.2, 0) is 13.5 Å². The number of aromatic nitrogens is 2. The first-order chi connectivity index (χ1) is 16.0. The van der Waals surface area contributed by atoms with E-state index in [0.29, 0.717) is 0 Å². The standard InChI is InChI=1S/C30H28FN2/c1-17-12-24-23-9-8-22(31)16-25(23)33-26-15-20(13-19-6-4-5-7-19)14-21-10-11-32(3)30(28(21)26)27(18(17)2)29(24)33/h8-12,14-16,19H,4-7,13H2,1-3H3/q+1. The van der Waals surface area contributed by atoms with Crippen LogP contribution in [0.1, 0.15) is 42.4 Å². The van der Waals surface area contributed by atoms with Crippen LogP contribution in [0.25, 0.3) is 49.0 Å². The smallest absolute Gasteiger partial charge is 0.224 e. The van der Waals surface area contributed by atoms with Gasteiger partial charge in [0.1, 0.15) is 12.9 Å². The van der Waals surface area contributed by atoms with E-state index in [0.717, 1.165) is 23.2 Å². The molecular formula is C30H28FN2+. The van der Waals surface area contributed by atoms with Crippen molar-refractivity contribution in [2.24, 2.45) is 13.0 Å². The summed E-state index contributed by atoms with van der Waals surface area (Å²) in [6, 6.07) is 14.6. The van der Waals surface area contributed by atoms with Crippen LogP contribution in [-0.4, -0.2) is 4.40 Å². The van der Waals surface area contributed by atoms with Crippen molar-refractivity contribution < 1.29 is 8.96 Å². The minimum Gasteiger partial charge on any atom is -0.307 e. The van der Waals surface area contributed by atoms with Gasteiger partial charge >= 0.3 is 0 Å². The van der Waals surface area contributed by atoms with Crippen molar-refractivity contribution in [1.82, 2.24) is 4.40 Å². The first-order valence-corrected chi connectivity index (χ1v) is 12.2. The zero-order valence-corrected chi connectivity index (χ0v) is 19.5. The molecule has 33 heavy (non-hydrogen) atoms. The molecule has 7 rings (SSSR count). The van der Waals surface area contributed by atoms with Crippen molar-refractivity contribution in [3.63, 3.8) is 0 Å². The summed E-state index contributed by atoms with van der Waals surface area (Å²) >= 11 is 0. The monoisotopic (exact) mass is 435 g/mol. The van der Waals surface area contributed by atoms with E-state index in [1.807, 2.05) is 6.07 Å². The fourth-order valence-electron chi connectivity index (χ4n) is 6.60. The molecule has 164 valence electrons. The van der Waals surface area contributed by atoms with Crippen molar-refractivity contribution in [2.45, 2.75) is 46.0 Å². The largest absolute Gasteiger partial charge is 0.307 e. The summed E-state index contributed by atoms with van der Waals surface area (Å²) < 4.78 is 19.2. The third-order valence-corrected chi connectivity index (χ3v) is 8.29. The minimum atomic E-state index is -0.181. The summed E-state index contributed by atoms with van der Waals surface area (Å²) in [6.45, 7) is 4.42.